The molecule has 0 saturated carbocycles. The van der Waals surface area contributed by atoms with Gasteiger partial charge < -0.3 is 4.98 Å². The fourth-order valence-corrected chi connectivity index (χ4v) is 4.86. The summed E-state index contributed by atoms with van der Waals surface area (Å²) in [6.45, 7) is 2.05. The van der Waals surface area contributed by atoms with Gasteiger partial charge in [-0.2, -0.15) is 0 Å². The molecule has 4 nitrogen and oxygen atoms in total. The summed E-state index contributed by atoms with van der Waals surface area (Å²) in [5.41, 5.74) is 7.74. The van der Waals surface area contributed by atoms with Crippen LogP contribution in [0.25, 0.3) is 44.3 Å². The van der Waals surface area contributed by atoms with E-state index in [4.69, 9.17) is 16.6 Å². The SMILES string of the molecule is Cc1ccc(Cc2c[nH]c3nc(-c4ccccc4)c(-c4cc(Cl)c5ncccc5c4)cc3c2=O)cc1. The molecule has 174 valence electrons. The van der Waals surface area contributed by atoms with Gasteiger partial charge in [-0.15, -0.1) is 0 Å². The minimum Gasteiger partial charge on any atom is -0.346 e. The number of nitrogens with one attached hydrogen (secondary N) is 1. The highest BCUT2D eigenvalue weighted by Gasteiger charge is 2.16. The summed E-state index contributed by atoms with van der Waals surface area (Å²) in [6.07, 6.45) is 4.06. The Kier molecular flexibility index (Phi) is 5.59. The Morgan fingerprint density at radius 1 is 0.889 bits per heavy atom. The van der Waals surface area contributed by atoms with Crippen LogP contribution in [0, 0.1) is 6.92 Å². The van der Waals surface area contributed by atoms with Crippen LogP contribution in [0.15, 0.2) is 102 Å². The molecular formula is C31H22ClN3O. The molecule has 0 amide bonds. The lowest BCUT2D eigenvalue weighted by Crippen LogP contribution is -2.12. The van der Waals surface area contributed by atoms with Crippen molar-refractivity contribution in [3.8, 4) is 22.4 Å². The van der Waals surface area contributed by atoms with E-state index >= 15 is 0 Å². The van der Waals surface area contributed by atoms with Crippen LogP contribution in [-0.4, -0.2) is 15.0 Å². The van der Waals surface area contributed by atoms with Crippen molar-refractivity contribution in [1.29, 1.82) is 0 Å². The standard InChI is InChI=1S/C31H22ClN3O/c1-19-9-11-20(12-10-19)14-24-18-34-31-26(30(24)36)17-25(28(35-31)21-6-3-2-4-7-21)23-15-22-8-5-13-33-29(22)27(32)16-23/h2-13,15-18H,14H2,1H3,(H,34,35,36). The highest BCUT2D eigenvalue weighted by atomic mass is 35.5. The number of fused-ring (bicyclic) bond motifs is 2. The average Bonchev–Trinajstić information content (AvgIpc) is 2.91. The van der Waals surface area contributed by atoms with Gasteiger partial charge in [-0.05, 0) is 42.3 Å². The fraction of sp³-hybridized carbons (Fsp3) is 0.0645. The predicted molar refractivity (Wildman–Crippen MR) is 148 cm³/mol. The van der Waals surface area contributed by atoms with E-state index in [0.29, 0.717) is 28.0 Å². The summed E-state index contributed by atoms with van der Waals surface area (Å²) in [6, 6.07) is 28.0. The summed E-state index contributed by atoms with van der Waals surface area (Å²) in [7, 11) is 0. The molecule has 6 rings (SSSR count). The van der Waals surface area contributed by atoms with Crippen molar-refractivity contribution in [2.45, 2.75) is 13.3 Å². The van der Waals surface area contributed by atoms with E-state index in [1.54, 1.807) is 12.4 Å². The van der Waals surface area contributed by atoms with Crippen LogP contribution < -0.4 is 5.43 Å². The number of benzene rings is 3. The topological polar surface area (TPSA) is 58.6 Å². The maximum atomic E-state index is 13.6. The molecule has 0 fully saturated rings. The maximum absolute atomic E-state index is 13.6. The highest BCUT2D eigenvalue weighted by molar-refractivity contribution is 6.35. The molecule has 0 radical (unpaired) electrons. The van der Waals surface area contributed by atoms with Crippen LogP contribution in [0.3, 0.4) is 0 Å². The third-order valence-electron chi connectivity index (χ3n) is 6.47. The Morgan fingerprint density at radius 2 is 1.69 bits per heavy atom. The predicted octanol–water partition coefficient (Wildman–Crippen LogP) is 7.36. The monoisotopic (exact) mass is 487 g/mol. The molecule has 0 saturated heterocycles. The first-order valence-corrected chi connectivity index (χ1v) is 12.2. The molecule has 1 N–H and O–H groups in total. The molecule has 0 aliphatic rings. The van der Waals surface area contributed by atoms with Crippen molar-refractivity contribution in [1.82, 2.24) is 15.0 Å². The molecule has 36 heavy (non-hydrogen) atoms. The van der Waals surface area contributed by atoms with Crippen molar-refractivity contribution in [2.75, 3.05) is 0 Å². The summed E-state index contributed by atoms with van der Waals surface area (Å²) in [5, 5.41) is 2.04. The Balaban J connectivity index is 1.58. The van der Waals surface area contributed by atoms with Crippen molar-refractivity contribution in [3.63, 3.8) is 0 Å². The van der Waals surface area contributed by atoms with Crippen molar-refractivity contribution >= 4 is 33.5 Å². The van der Waals surface area contributed by atoms with E-state index in [9.17, 15) is 4.79 Å². The van der Waals surface area contributed by atoms with Crippen LogP contribution in [0.4, 0.5) is 0 Å². The molecule has 0 bridgehead atoms. The lowest BCUT2D eigenvalue weighted by atomic mass is 9.96. The number of aromatic amines is 1. The van der Waals surface area contributed by atoms with Crippen molar-refractivity contribution in [2.24, 2.45) is 0 Å². The molecular weight excluding hydrogens is 466 g/mol. The zero-order valence-corrected chi connectivity index (χ0v) is 20.4. The molecule has 0 atom stereocenters. The molecule has 0 aliphatic carbocycles. The van der Waals surface area contributed by atoms with Crippen molar-refractivity contribution in [3.05, 3.63) is 129 Å². The van der Waals surface area contributed by atoms with Crippen LogP contribution in [0.1, 0.15) is 16.7 Å². The third kappa shape index (κ3) is 4.06. The number of pyridine rings is 3. The first-order chi connectivity index (χ1) is 17.6. The lowest BCUT2D eigenvalue weighted by Gasteiger charge is -2.13. The Bertz CT molecular complexity index is 1790. The Hall–Kier alpha value is -4.28. The van der Waals surface area contributed by atoms with E-state index in [1.807, 2.05) is 60.7 Å². The van der Waals surface area contributed by atoms with E-state index in [1.165, 1.54) is 5.56 Å². The molecule has 6 aromatic rings. The quantitative estimate of drug-likeness (QED) is 0.282. The van der Waals surface area contributed by atoms with Gasteiger partial charge in [0, 0.05) is 40.9 Å². The second-order valence-corrected chi connectivity index (χ2v) is 9.39. The van der Waals surface area contributed by atoms with Gasteiger partial charge >= 0.3 is 0 Å². The smallest absolute Gasteiger partial charge is 0.194 e. The Labute approximate surface area is 213 Å². The van der Waals surface area contributed by atoms with Gasteiger partial charge in [0.05, 0.1) is 21.6 Å². The number of nitrogens with zero attached hydrogens (tertiary/aromatic N) is 2. The fourth-order valence-electron chi connectivity index (χ4n) is 4.59. The summed E-state index contributed by atoms with van der Waals surface area (Å²) >= 11 is 6.64. The van der Waals surface area contributed by atoms with Gasteiger partial charge in [-0.1, -0.05) is 77.8 Å². The number of aryl methyl sites for hydroxylation is 1. The van der Waals surface area contributed by atoms with E-state index in [0.717, 1.165) is 38.9 Å². The maximum Gasteiger partial charge on any atom is 0.194 e. The second-order valence-electron chi connectivity index (χ2n) is 8.99. The van der Waals surface area contributed by atoms with Crippen molar-refractivity contribution < 1.29 is 0 Å². The third-order valence-corrected chi connectivity index (χ3v) is 6.76. The number of hydrogen-bond acceptors (Lipinski definition) is 3. The highest BCUT2D eigenvalue weighted by Crippen LogP contribution is 2.36. The summed E-state index contributed by atoms with van der Waals surface area (Å²) in [4.78, 5) is 26.2. The molecule has 0 aliphatic heterocycles. The van der Waals surface area contributed by atoms with E-state index in [-0.39, 0.29) is 5.43 Å². The van der Waals surface area contributed by atoms with Crippen LogP contribution in [0.5, 0.6) is 0 Å². The second kappa shape index (κ2) is 9.06. The minimum atomic E-state index is -0.0220. The van der Waals surface area contributed by atoms with Gasteiger partial charge in [0.15, 0.2) is 5.43 Å². The van der Waals surface area contributed by atoms with Crippen LogP contribution >= 0.6 is 11.6 Å². The first kappa shape index (κ1) is 22.2. The minimum absolute atomic E-state index is 0.0220. The molecule has 0 spiro atoms. The van der Waals surface area contributed by atoms with Gasteiger partial charge in [0.2, 0.25) is 0 Å². The van der Waals surface area contributed by atoms with E-state index < -0.39 is 0 Å². The summed E-state index contributed by atoms with van der Waals surface area (Å²) < 4.78 is 0. The normalized spacial score (nSPS) is 11.3. The first-order valence-electron chi connectivity index (χ1n) is 11.8. The molecule has 5 heteroatoms. The van der Waals surface area contributed by atoms with Crippen LogP contribution in [0.2, 0.25) is 5.02 Å². The number of H-pyrrole nitrogens is 1. The zero-order valence-electron chi connectivity index (χ0n) is 19.6. The molecule has 3 aromatic heterocycles. The number of halogens is 1. The largest absolute Gasteiger partial charge is 0.346 e. The average molecular weight is 488 g/mol. The lowest BCUT2D eigenvalue weighted by molar-refractivity contribution is 1.13. The number of aromatic nitrogens is 3. The number of rotatable bonds is 4. The van der Waals surface area contributed by atoms with Gasteiger partial charge in [-0.25, -0.2) is 4.98 Å². The molecule has 3 aromatic carbocycles. The Morgan fingerprint density at radius 3 is 2.50 bits per heavy atom. The molecule has 0 unspecified atom stereocenters. The zero-order chi connectivity index (χ0) is 24.6. The molecule has 3 heterocycles. The summed E-state index contributed by atoms with van der Waals surface area (Å²) in [5.74, 6) is 0. The van der Waals surface area contributed by atoms with Gasteiger partial charge in [-0.3, -0.25) is 9.78 Å². The van der Waals surface area contributed by atoms with Crippen LogP contribution in [-0.2, 0) is 6.42 Å². The van der Waals surface area contributed by atoms with E-state index in [2.05, 4.69) is 41.2 Å². The van der Waals surface area contributed by atoms with Gasteiger partial charge in [0.25, 0.3) is 0 Å². The van der Waals surface area contributed by atoms with Gasteiger partial charge in [0.1, 0.15) is 5.65 Å². The number of hydrogen-bond donors (Lipinski definition) is 1.